The normalized spacial score (nSPS) is 10.4. The number of pyridine rings is 1. The summed E-state index contributed by atoms with van der Waals surface area (Å²) < 4.78 is 13.2. The quantitative estimate of drug-likeness (QED) is 0.718. The van der Waals surface area contributed by atoms with Gasteiger partial charge in [0.15, 0.2) is 0 Å². The number of carbonyl (C=O) groups excluding carboxylic acids is 1. The van der Waals surface area contributed by atoms with E-state index in [1.54, 1.807) is 18.3 Å². The Morgan fingerprint density at radius 2 is 1.88 bits per heavy atom. The van der Waals surface area contributed by atoms with E-state index in [-0.39, 0.29) is 5.56 Å². The molecule has 2 N–H and O–H groups in total. The van der Waals surface area contributed by atoms with E-state index in [1.165, 1.54) is 23.8 Å². The highest BCUT2D eigenvalue weighted by molar-refractivity contribution is 6.03. The van der Waals surface area contributed by atoms with E-state index in [0.717, 1.165) is 16.9 Å². The number of anilines is 3. The maximum Gasteiger partial charge on any atom is 0.256 e. The Hall–Kier alpha value is -3.21. The van der Waals surface area contributed by atoms with Gasteiger partial charge in [-0.2, -0.15) is 0 Å². The molecule has 0 fully saturated rings. The van der Waals surface area contributed by atoms with Gasteiger partial charge < -0.3 is 10.6 Å². The molecule has 0 saturated heterocycles. The minimum atomic E-state index is -0.450. The van der Waals surface area contributed by atoms with Gasteiger partial charge in [-0.25, -0.2) is 9.37 Å². The Balaban J connectivity index is 1.69. The van der Waals surface area contributed by atoms with Crippen LogP contribution in [0.25, 0.3) is 0 Å². The van der Waals surface area contributed by atoms with Gasteiger partial charge in [0.05, 0.1) is 11.9 Å². The van der Waals surface area contributed by atoms with Gasteiger partial charge in [0.1, 0.15) is 11.6 Å². The highest BCUT2D eigenvalue weighted by Crippen LogP contribution is 2.21. The summed E-state index contributed by atoms with van der Waals surface area (Å²) in [5.74, 6) is -0.448. The third-order valence-corrected chi connectivity index (χ3v) is 3.75. The van der Waals surface area contributed by atoms with Gasteiger partial charge in [-0.1, -0.05) is 23.8 Å². The van der Waals surface area contributed by atoms with Crippen LogP contribution in [0.2, 0.25) is 0 Å². The lowest BCUT2D eigenvalue weighted by molar-refractivity contribution is 0.102. The first-order valence-electron chi connectivity index (χ1n) is 7.88. The van der Waals surface area contributed by atoms with Crippen molar-refractivity contribution in [2.45, 2.75) is 13.8 Å². The van der Waals surface area contributed by atoms with Gasteiger partial charge in [0, 0.05) is 11.3 Å². The van der Waals surface area contributed by atoms with E-state index in [0.29, 0.717) is 5.82 Å². The number of hydrogen-bond acceptors (Lipinski definition) is 3. The molecule has 1 amide bonds. The van der Waals surface area contributed by atoms with Crippen molar-refractivity contribution >= 4 is 23.1 Å². The largest absolute Gasteiger partial charge is 0.354 e. The zero-order valence-corrected chi connectivity index (χ0v) is 14.0. The van der Waals surface area contributed by atoms with E-state index < -0.39 is 11.7 Å². The minimum Gasteiger partial charge on any atom is -0.354 e. The third kappa shape index (κ3) is 4.20. The van der Waals surface area contributed by atoms with Gasteiger partial charge in [-0.05, 0) is 55.8 Å². The van der Waals surface area contributed by atoms with Crippen molar-refractivity contribution < 1.29 is 9.18 Å². The van der Waals surface area contributed by atoms with Crippen molar-refractivity contribution in [1.29, 1.82) is 0 Å². The molecule has 126 valence electrons. The second kappa shape index (κ2) is 7.13. The summed E-state index contributed by atoms with van der Waals surface area (Å²) in [6.07, 6.45) is 1.64. The monoisotopic (exact) mass is 335 g/mol. The fraction of sp³-hybridized carbons (Fsp3) is 0.100. The predicted octanol–water partition coefficient (Wildman–Crippen LogP) is 4.83. The first-order valence-corrected chi connectivity index (χ1v) is 7.88. The second-order valence-electron chi connectivity index (χ2n) is 5.84. The van der Waals surface area contributed by atoms with Crippen LogP contribution in [-0.4, -0.2) is 10.9 Å². The van der Waals surface area contributed by atoms with Gasteiger partial charge in [-0.15, -0.1) is 0 Å². The number of nitrogens with one attached hydrogen (secondary N) is 2. The summed E-state index contributed by atoms with van der Waals surface area (Å²) in [6, 6.07) is 15.2. The summed E-state index contributed by atoms with van der Waals surface area (Å²) in [4.78, 5) is 16.3. The number of carbonyl (C=O) groups is 1. The molecule has 0 saturated carbocycles. The fourth-order valence-corrected chi connectivity index (χ4v) is 2.47. The van der Waals surface area contributed by atoms with Gasteiger partial charge in [-0.3, -0.25) is 4.79 Å². The molecule has 0 aliphatic carbocycles. The van der Waals surface area contributed by atoms with Crippen molar-refractivity contribution in [2.24, 2.45) is 0 Å². The summed E-state index contributed by atoms with van der Waals surface area (Å²) >= 11 is 0. The van der Waals surface area contributed by atoms with Crippen LogP contribution in [0.15, 0.2) is 60.8 Å². The van der Waals surface area contributed by atoms with Gasteiger partial charge in [0.2, 0.25) is 0 Å². The molecule has 3 rings (SSSR count). The molecule has 25 heavy (non-hydrogen) atoms. The molecule has 0 aliphatic heterocycles. The number of aromatic nitrogens is 1. The van der Waals surface area contributed by atoms with Crippen molar-refractivity contribution in [1.82, 2.24) is 4.98 Å². The van der Waals surface area contributed by atoms with Crippen LogP contribution < -0.4 is 10.6 Å². The van der Waals surface area contributed by atoms with E-state index in [4.69, 9.17) is 0 Å². The number of aryl methyl sites for hydroxylation is 2. The van der Waals surface area contributed by atoms with Crippen molar-refractivity contribution in [2.75, 3.05) is 10.6 Å². The predicted molar refractivity (Wildman–Crippen MR) is 97.8 cm³/mol. The van der Waals surface area contributed by atoms with Crippen molar-refractivity contribution in [3.05, 3.63) is 83.3 Å². The molecule has 2 aromatic carbocycles. The first kappa shape index (κ1) is 16.6. The molecule has 0 bridgehead atoms. The Bertz CT molecular complexity index is 907. The van der Waals surface area contributed by atoms with E-state index in [9.17, 15) is 9.18 Å². The van der Waals surface area contributed by atoms with Gasteiger partial charge >= 0.3 is 0 Å². The Kier molecular flexibility index (Phi) is 4.75. The molecule has 1 aromatic heterocycles. The highest BCUT2D eigenvalue weighted by Gasteiger charge is 2.08. The van der Waals surface area contributed by atoms with Crippen LogP contribution in [0.3, 0.4) is 0 Å². The topological polar surface area (TPSA) is 54.0 Å². The second-order valence-corrected chi connectivity index (χ2v) is 5.84. The van der Waals surface area contributed by atoms with Crippen molar-refractivity contribution in [3.8, 4) is 0 Å². The zero-order valence-electron chi connectivity index (χ0n) is 14.0. The number of amides is 1. The molecule has 1 heterocycles. The number of hydrogen-bond donors (Lipinski definition) is 2. The van der Waals surface area contributed by atoms with E-state index >= 15 is 0 Å². The van der Waals surface area contributed by atoms with E-state index in [1.807, 2.05) is 25.1 Å². The molecule has 5 heteroatoms. The lowest BCUT2D eigenvalue weighted by atomic mass is 10.1. The molecule has 0 atom stereocenters. The van der Waals surface area contributed by atoms with Crippen LogP contribution in [0.5, 0.6) is 0 Å². The average Bonchev–Trinajstić information content (AvgIpc) is 2.59. The Morgan fingerprint density at radius 1 is 1.04 bits per heavy atom. The number of nitrogens with zero attached hydrogens (tertiary/aromatic N) is 1. The number of halogens is 1. The van der Waals surface area contributed by atoms with Crippen LogP contribution >= 0.6 is 0 Å². The maximum absolute atomic E-state index is 13.2. The third-order valence-electron chi connectivity index (χ3n) is 3.75. The summed E-state index contributed by atoms with van der Waals surface area (Å²) in [6.45, 7) is 4.09. The molecule has 3 aromatic rings. The molecule has 0 aliphatic rings. The molecular formula is C20H18FN3O. The maximum atomic E-state index is 13.2. The molecular weight excluding hydrogens is 317 g/mol. The standard InChI is InChI=1S/C20H18FN3O/c1-13-6-8-18(14(2)10-13)23-17-7-9-19(22-12-17)24-20(25)15-4-3-5-16(21)11-15/h3-12,23H,1-2H3,(H,22,24,25). The zero-order chi connectivity index (χ0) is 17.8. The molecule has 4 nitrogen and oxygen atoms in total. The van der Waals surface area contributed by atoms with E-state index in [2.05, 4.69) is 28.6 Å². The lowest BCUT2D eigenvalue weighted by Crippen LogP contribution is -2.13. The smallest absolute Gasteiger partial charge is 0.256 e. The number of benzene rings is 2. The SMILES string of the molecule is Cc1ccc(Nc2ccc(NC(=O)c3cccc(F)c3)nc2)c(C)c1. The molecule has 0 spiro atoms. The summed E-state index contributed by atoms with van der Waals surface area (Å²) in [5, 5.41) is 5.95. The highest BCUT2D eigenvalue weighted by atomic mass is 19.1. The van der Waals surface area contributed by atoms with Crippen LogP contribution in [-0.2, 0) is 0 Å². The van der Waals surface area contributed by atoms with Crippen LogP contribution in [0.4, 0.5) is 21.6 Å². The number of rotatable bonds is 4. The lowest BCUT2D eigenvalue weighted by Gasteiger charge is -2.11. The van der Waals surface area contributed by atoms with Crippen molar-refractivity contribution in [3.63, 3.8) is 0 Å². The Morgan fingerprint density at radius 3 is 2.56 bits per heavy atom. The molecule has 0 radical (unpaired) electrons. The average molecular weight is 335 g/mol. The Labute approximate surface area is 145 Å². The molecule has 0 unspecified atom stereocenters. The fourth-order valence-electron chi connectivity index (χ4n) is 2.47. The van der Waals surface area contributed by atoms with Crippen LogP contribution in [0.1, 0.15) is 21.5 Å². The summed E-state index contributed by atoms with van der Waals surface area (Å²) in [5.41, 5.74) is 4.42. The minimum absolute atomic E-state index is 0.249. The summed E-state index contributed by atoms with van der Waals surface area (Å²) in [7, 11) is 0. The van der Waals surface area contributed by atoms with Gasteiger partial charge in [0.25, 0.3) is 5.91 Å². The van der Waals surface area contributed by atoms with Crippen LogP contribution in [0, 0.1) is 19.7 Å². The first-order chi connectivity index (χ1) is 12.0.